The molecule has 0 aliphatic heterocycles. The van der Waals surface area contributed by atoms with Crippen molar-refractivity contribution in [1.82, 2.24) is 4.57 Å². The molecule has 1 aliphatic carbocycles. The standard InChI is InChI=1S/C13H22N2/c1-9(2)15-7-11-4-5-12(10(3)6-14)13(11)8-15/h7-10,12H,4-6,14H2,1-3H3. The number of fused-ring (bicyclic) bond motifs is 1. The molecule has 0 amide bonds. The van der Waals surface area contributed by atoms with Crippen molar-refractivity contribution in [2.45, 2.75) is 45.6 Å². The van der Waals surface area contributed by atoms with Crippen molar-refractivity contribution in [2.75, 3.05) is 6.54 Å². The van der Waals surface area contributed by atoms with Gasteiger partial charge < -0.3 is 10.3 Å². The van der Waals surface area contributed by atoms with Crippen molar-refractivity contribution in [3.8, 4) is 0 Å². The molecule has 2 nitrogen and oxygen atoms in total. The molecule has 2 rings (SSSR count). The summed E-state index contributed by atoms with van der Waals surface area (Å²) in [5, 5.41) is 0. The van der Waals surface area contributed by atoms with Crippen LogP contribution < -0.4 is 5.73 Å². The lowest BCUT2D eigenvalue weighted by Crippen LogP contribution is -2.17. The van der Waals surface area contributed by atoms with Gasteiger partial charge in [0, 0.05) is 18.4 Å². The average Bonchev–Trinajstić information content (AvgIpc) is 2.74. The van der Waals surface area contributed by atoms with Crippen molar-refractivity contribution in [3.05, 3.63) is 23.5 Å². The van der Waals surface area contributed by atoms with E-state index in [1.54, 1.807) is 11.1 Å². The molecule has 0 fully saturated rings. The zero-order valence-electron chi connectivity index (χ0n) is 10.0. The van der Waals surface area contributed by atoms with E-state index in [2.05, 4.69) is 37.7 Å². The summed E-state index contributed by atoms with van der Waals surface area (Å²) >= 11 is 0. The molecule has 2 unspecified atom stereocenters. The molecular formula is C13H22N2. The summed E-state index contributed by atoms with van der Waals surface area (Å²) in [4.78, 5) is 0. The third-order valence-corrected chi connectivity index (χ3v) is 3.74. The van der Waals surface area contributed by atoms with E-state index in [0.717, 1.165) is 6.54 Å². The normalized spacial score (nSPS) is 22.1. The number of aromatic nitrogens is 1. The molecule has 2 atom stereocenters. The van der Waals surface area contributed by atoms with E-state index in [1.807, 2.05) is 0 Å². The second kappa shape index (κ2) is 4.01. The SMILES string of the molecule is CC(CN)C1CCc2cn(C(C)C)cc21. The summed E-state index contributed by atoms with van der Waals surface area (Å²) in [5.74, 6) is 1.32. The van der Waals surface area contributed by atoms with Gasteiger partial charge in [-0.15, -0.1) is 0 Å². The highest BCUT2D eigenvalue weighted by atomic mass is 15.0. The van der Waals surface area contributed by atoms with Crippen LogP contribution in [-0.4, -0.2) is 11.1 Å². The Bertz CT molecular complexity index is 338. The van der Waals surface area contributed by atoms with Gasteiger partial charge in [0.15, 0.2) is 0 Å². The van der Waals surface area contributed by atoms with Crippen molar-refractivity contribution in [2.24, 2.45) is 11.7 Å². The van der Waals surface area contributed by atoms with E-state index in [4.69, 9.17) is 5.73 Å². The van der Waals surface area contributed by atoms with Gasteiger partial charge in [-0.2, -0.15) is 0 Å². The largest absolute Gasteiger partial charge is 0.351 e. The molecule has 0 radical (unpaired) electrons. The van der Waals surface area contributed by atoms with Crippen molar-refractivity contribution in [3.63, 3.8) is 0 Å². The van der Waals surface area contributed by atoms with Gasteiger partial charge in [-0.3, -0.25) is 0 Å². The van der Waals surface area contributed by atoms with E-state index in [1.165, 1.54) is 12.8 Å². The van der Waals surface area contributed by atoms with Crippen LogP contribution >= 0.6 is 0 Å². The van der Waals surface area contributed by atoms with Gasteiger partial charge in [0.1, 0.15) is 0 Å². The third kappa shape index (κ3) is 1.83. The lowest BCUT2D eigenvalue weighted by molar-refractivity contribution is 0.461. The first-order valence-corrected chi connectivity index (χ1v) is 6.03. The number of nitrogens with two attached hydrogens (primary N) is 1. The van der Waals surface area contributed by atoms with Gasteiger partial charge in [-0.05, 0) is 56.2 Å². The molecule has 15 heavy (non-hydrogen) atoms. The van der Waals surface area contributed by atoms with Crippen LogP contribution in [0, 0.1) is 5.92 Å². The van der Waals surface area contributed by atoms with Crippen LogP contribution in [0.1, 0.15) is 50.3 Å². The molecular weight excluding hydrogens is 184 g/mol. The molecule has 1 aromatic heterocycles. The lowest BCUT2D eigenvalue weighted by atomic mass is 9.90. The molecule has 0 saturated carbocycles. The number of rotatable bonds is 3. The Balaban J connectivity index is 2.25. The van der Waals surface area contributed by atoms with Gasteiger partial charge in [0.05, 0.1) is 0 Å². The predicted molar refractivity (Wildman–Crippen MR) is 64.1 cm³/mol. The van der Waals surface area contributed by atoms with Crippen LogP contribution in [0.4, 0.5) is 0 Å². The van der Waals surface area contributed by atoms with Crippen LogP contribution in [0.25, 0.3) is 0 Å². The highest BCUT2D eigenvalue weighted by Gasteiger charge is 2.28. The Morgan fingerprint density at radius 2 is 2.13 bits per heavy atom. The van der Waals surface area contributed by atoms with Gasteiger partial charge >= 0.3 is 0 Å². The quantitative estimate of drug-likeness (QED) is 0.810. The fraction of sp³-hybridized carbons (Fsp3) is 0.692. The molecule has 1 heterocycles. The topological polar surface area (TPSA) is 30.9 Å². The summed E-state index contributed by atoms with van der Waals surface area (Å²) < 4.78 is 2.33. The summed E-state index contributed by atoms with van der Waals surface area (Å²) in [6.07, 6.45) is 7.19. The first-order valence-electron chi connectivity index (χ1n) is 6.03. The Morgan fingerprint density at radius 1 is 1.40 bits per heavy atom. The van der Waals surface area contributed by atoms with Gasteiger partial charge in [0.2, 0.25) is 0 Å². The lowest BCUT2D eigenvalue weighted by Gasteiger charge is -2.17. The maximum absolute atomic E-state index is 5.77. The molecule has 0 spiro atoms. The second-order valence-electron chi connectivity index (χ2n) is 5.14. The van der Waals surface area contributed by atoms with Crippen LogP contribution in [0.3, 0.4) is 0 Å². The van der Waals surface area contributed by atoms with Crippen molar-refractivity contribution < 1.29 is 0 Å². The van der Waals surface area contributed by atoms with Crippen molar-refractivity contribution >= 4 is 0 Å². The van der Waals surface area contributed by atoms with Gasteiger partial charge in [-0.1, -0.05) is 6.92 Å². The molecule has 2 heteroatoms. The van der Waals surface area contributed by atoms with Crippen LogP contribution in [-0.2, 0) is 6.42 Å². The number of hydrogen-bond donors (Lipinski definition) is 1. The maximum Gasteiger partial charge on any atom is 0.0274 e. The molecule has 2 N–H and O–H groups in total. The zero-order valence-corrected chi connectivity index (χ0v) is 10.0. The monoisotopic (exact) mass is 206 g/mol. The fourth-order valence-electron chi connectivity index (χ4n) is 2.60. The van der Waals surface area contributed by atoms with E-state index < -0.39 is 0 Å². The Labute approximate surface area is 92.5 Å². The number of nitrogens with zero attached hydrogens (tertiary/aromatic N) is 1. The molecule has 0 aromatic carbocycles. The van der Waals surface area contributed by atoms with E-state index in [-0.39, 0.29) is 0 Å². The Hall–Kier alpha value is -0.760. The first-order chi connectivity index (χ1) is 7.13. The summed E-state index contributed by atoms with van der Waals surface area (Å²) in [7, 11) is 0. The van der Waals surface area contributed by atoms with E-state index in [9.17, 15) is 0 Å². The van der Waals surface area contributed by atoms with Gasteiger partial charge in [-0.25, -0.2) is 0 Å². The molecule has 1 aromatic rings. The molecule has 0 bridgehead atoms. The Morgan fingerprint density at radius 3 is 2.73 bits per heavy atom. The second-order valence-corrected chi connectivity index (χ2v) is 5.14. The van der Waals surface area contributed by atoms with Crippen molar-refractivity contribution in [1.29, 1.82) is 0 Å². The Kier molecular flexibility index (Phi) is 2.87. The van der Waals surface area contributed by atoms with E-state index in [0.29, 0.717) is 17.9 Å². The minimum atomic E-state index is 0.574. The third-order valence-electron chi connectivity index (χ3n) is 3.74. The highest BCUT2D eigenvalue weighted by molar-refractivity contribution is 5.34. The van der Waals surface area contributed by atoms with E-state index >= 15 is 0 Å². The summed E-state index contributed by atoms with van der Waals surface area (Å²) in [5.41, 5.74) is 8.88. The van der Waals surface area contributed by atoms with Crippen LogP contribution in [0.15, 0.2) is 12.4 Å². The van der Waals surface area contributed by atoms with Gasteiger partial charge in [0.25, 0.3) is 0 Å². The molecule has 84 valence electrons. The molecule has 1 aliphatic rings. The zero-order chi connectivity index (χ0) is 11.0. The minimum absolute atomic E-state index is 0.574. The smallest absolute Gasteiger partial charge is 0.0274 e. The van der Waals surface area contributed by atoms with Crippen LogP contribution in [0.5, 0.6) is 0 Å². The number of hydrogen-bond acceptors (Lipinski definition) is 1. The first kappa shape index (κ1) is 10.7. The summed E-state index contributed by atoms with van der Waals surface area (Å²) in [6, 6.07) is 0.574. The average molecular weight is 206 g/mol. The summed E-state index contributed by atoms with van der Waals surface area (Å²) in [6.45, 7) is 7.54. The fourth-order valence-corrected chi connectivity index (χ4v) is 2.60. The molecule has 0 saturated heterocycles. The van der Waals surface area contributed by atoms with Crippen LogP contribution in [0.2, 0.25) is 0 Å². The maximum atomic E-state index is 5.77. The number of aryl methyl sites for hydroxylation is 1. The predicted octanol–water partition coefficient (Wildman–Crippen LogP) is 2.69. The minimum Gasteiger partial charge on any atom is -0.351 e. The highest BCUT2D eigenvalue weighted by Crippen LogP contribution is 2.39.